The molecule has 1 aromatic heterocycles. The van der Waals surface area contributed by atoms with Gasteiger partial charge in [0.05, 0.1) is 23.5 Å². The van der Waals surface area contributed by atoms with Gasteiger partial charge in [-0.2, -0.15) is 0 Å². The van der Waals surface area contributed by atoms with Gasteiger partial charge in [-0.15, -0.1) is 0 Å². The van der Waals surface area contributed by atoms with Crippen molar-refractivity contribution in [2.45, 2.75) is 43.3 Å². The molecule has 0 radical (unpaired) electrons. The first-order valence-electron chi connectivity index (χ1n) is 15.6. The topological polar surface area (TPSA) is 53.2 Å². The summed E-state index contributed by atoms with van der Waals surface area (Å²) < 4.78 is 0. The number of benzene rings is 2. The zero-order chi connectivity index (χ0) is 28.3. The molecule has 6 aliphatic rings. The predicted octanol–water partition coefficient (Wildman–Crippen LogP) is 7.61. The second-order valence-electron chi connectivity index (χ2n) is 12.3. The van der Waals surface area contributed by atoms with Crippen LogP contribution in [0, 0.1) is 11.8 Å². The van der Waals surface area contributed by atoms with Crippen LogP contribution in [0.25, 0.3) is 16.8 Å². The molecule has 0 saturated heterocycles. The summed E-state index contributed by atoms with van der Waals surface area (Å²) in [4.78, 5) is 22.1. The third kappa shape index (κ3) is 3.98. The van der Waals surface area contributed by atoms with E-state index in [2.05, 4.69) is 102 Å². The average molecular weight is 560 g/mol. The van der Waals surface area contributed by atoms with Crippen molar-refractivity contribution in [2.75, 3.05) is 11.4 Å². The predicted molar refractivity (Wildman–Crippen MR) is 177 cm³/mol. The maximum absolute atomic E-state index is 4.99. The number of hydrogen-bond acceptors (Lipinski definition) is 5. The average Bonchev–Trinajstić information content (AvgIpc) is 3.42. The smallest absolute Gasteiger partial charge is 0.104 e. The molecule has 5 heteroatoms. The number of hydrogen-bond donors (Lipinski definition) is 0. The molecule has 0 N–H and O–H groups in total. The number of aliphatic imine (C=N–C) groups is 3. The minimum absolute atomic E-state index is 0.00430. The second-order valence-corrected chi connectivity index (χ2v) is 12.3. The van der Waals surface area contributed by atoms with E-state index in [-0.39, 0.29) is 24.0 Å². The van der Waals surface area contributed by atoms with Crippen LogP contribution < -0.4 is 4.90 Å². The molecule has 0 spiro atoms. The minimum atomic E-state index is 0.00430. The molecule has 2 aromatic carbocycles. The van der Waals surface area contributed by atoms with Crippen LogP contribution >= 0.6 is 0 Å². The molecule has 210 valence electrons. The van der Waals surface area contributed by atoms with Gasteiger partial charge in [-0.05, 0) is 77.1 Å². The maximum Gasteiger partial charge on any atom is 0.104 e. The molecule has 5 nitrogen and oxygen atoms in total. The summed E-state index contributed by atoms with van der Waals surface area (Å²) >= 11 is 0. The molecule has 5 heterocycles. The number of dihydropyridines is 3. The minimum Gasteiger partial charge on any atom is -0.337 e. The van der Waals surface area contributed by atoms with Gasteiger partial charge in [0.1, 0.15) is 6.04 Å². The van der Waals surface area contributed by atoms with E-state index in [9.17, 15) is 0 Å². The van der Waals surface area contributed by atoms with Crippen LogP contribution in [-0.4, -0.2) is 41.8 Å². The normalized spacial score (nSPS) is 29.9. The highest BCUT2D eigenvalue weighted by Crippen LogP contribution is 2.55. The van der Waals surface area contributed by atoms with Crippen LogP contribution in [0.3, 0.4) is 0 Å². The molecule has 2 aliphatic carbocycles. The molecule has 0 saturated carbocycles. The fourth-order valence-electron chi connectivity index (χ4n) is 8.05. The zero-order valence-corrected chi connectivity index (χ0v) is 24.0. The molecule has 6 unspecified atom stereocenters. The highest BCUT2D eigenvalue weighted by Gasteiger charge is 2.46. The Labute approximate surface area is 252 Å². The molecule has 0 amide bonds. The van der Waals surface area contributed by atoms with E-state index < -0.39 is 0 Å². The van der Waals surface area contributed by atoms with Gasteiger partial charge in [-0.3, -0.25) is 20.0 Å². The standard InChI is InChI=1S/C38H33N5/c1-2-9-28-24(7-1)13-17-34-36(28)30-21-25(27-12-15-32(42-23-27)31-11-3-4-18-39-31)14-16-33(30)43(34)35-22-26-8-5-19-40-37(26)38-29(35)10-6-20-41-38/h1-3,5-14,16-17,19-20,22-23,25,29-30,32-33,38H,4,15,18,21H2. The Morgan fingerprint density at radius 1 is 0.930 bits per heavy atom. The van der Waals surface area contributed by atoms with E-state index in [1.807, 2.05) is 18.5 Å². The van der Waals surface area contributed by atoms with Crippen molar-refractivity contribution in [3.63, 3.8) is 0 Å². The van der Waals surface area contributed by atoms with Crippen LogP contribution in [0.4, 0.5) is 5.69 Å². The van der Waals surface area contributed by atoms with E-state index in [0.29, 0.717) is 11.8 Å². The Morgan fingerprint density at radius 2 is 1.91 bits per heavy atom. The fraction of sp³-hybridized carbons (Fsp3) is 0.263. The van der Waals surface area contributed by atoms with E-state index in [4.69, 9.17) is 20.0 Å². The number of fused-ring (bicyclic) bond motifs is 8. The third-order valence-corrected chi connectivity index (χ3v) is 10.0. The number of pyridine rings is 1. The van der Waals surface area contributed by atoms with Crippen LogP contribution in [0.2, 0.25) is 0 Å². The number of anilines is 1. The first-order chi connectivity index (χ1) is 21.3. The lowest BCUT2D eigenvalue weighted by Gasteiger charge is -2.40. The number of nitrogens with zero attached hydrogens (tertiary/aromatic N) is 5. The van der Waals surface area contributed by atoms with Crippen molar-refractivity contribution in [3.8, 4) is 0 Å². The van der Waals surface area contributed by atoms with Gasteiger partial charge >= 0.3 is 0 Å². The third-order valence-electron chi connectivity index (χ3n) is 10.0. The van der Waals surface area contributed by atoms with Gasteiger partial charge in [0, 0.05) is 54.3 Å². The molecule has 6 atom stereocenters. The first-order valence-corrected chi connectivity index (χ1v) is 15.6. The zero-order valence-electron chi connectivity index (χ0n) is 24.0. The van der Waals surface area contributed by atoms with Crippen molar-refractivity contribution in [3.05, 3.63) is 125 Å². The molecule has 3 aromatic rings. The van der Waals surface area contributed by atoms with Crippen molar-refractivity contribution >= 4 is 40.7 Å². The highest BCUT2D eigenvalue weighted by molar-refractivity contribution is 6.02. The Bertz CT molecular complexity index is 1880. The summed E-state index contributed by atoms with van der Waals surface area (Å²) in [7, 11) is 0. The quantitative estimate of drug-likeness (QED) is 0.310. The summed E-state index contributed by atoms with van der Waals surface area (Å²) in [5.74, 6) is 0.872. The number of rotatable bonds is 3. The van der Waals surface area contributed by atoms with Gasteiger partial charge in [0.15, 0.2) is 0 Å². The summed E-state index contributed by atoms with van der Waals surface area (Å²) in [6.07, 6.45) is 27.5. The number of aromatic nitrogens is 1. The lowest BCUT2D eigenvalue weighted by molar-refractivity contribution is 0.484. The van der Waals surface area contributed by atoms with Gasteiger partial charge in [0.25, 0.3) is 0 Å². The summed E-state index contributed by atoms with van der Waals surface area (Å²) in [5.41, 5.74) is 8.82. The largest absolute Gasteiger partial charge is 0.337 e. The lowest BCUT2D eigenvalue weighted by atomic mass is 9.76. The SMILES string of the molecule is C1=CC2C(N3c4ccc5ccccc5c4C4CC(C5=CCC(C6=NCCC=C6)N=C5)C=CC43)=Cc3cccnc3C2N=C1. The van der Waals surface area contributed by atoms with Crippen molar-refractivity contribution in [1.29, 1.82) is 0 Å². The fourth-order valence-corrected chi connectivity index (χ4v) is 8.05. The van der Waals surface area contributed by atoms with E-state index in [1.54, 1.807) is 0 Å². The van der Waals surface area contributed by atoms with Gasteiger partial charge < -0.3 is 4.90 Å². The van der Waals surface area contributed by atoms with Gasteiger partial charge in [-0.25, -0.2) is 0 Å². The molecule has 0 fully saturated rings. The Hall–Kier alpha value is -4.64. The molecule has 9 rings (SSSR count). The summed E-state index contributed by atoms with van der Waals surface area (Å²) in [6.45, 7) is 0.884. The summed E-state index contributed by atoms with van der Waals surface area (Å²) in [6, 6.07) is 18.2. The van der Waals surface area contributed by atoms with Crippen molar-refractivity contribution in [1.82, 2.24) is 4.98 Å². The molecule has 4 aliphatic heterocycles. The van der Waals surface area contributed by atoms with E-state index in [0.717, 1.165) is 37.2 Å². The van der Waals surface area contributed by atoms with E-state index >= 15 is 0 Å². The Balaban J connectivity index is 1.13. The van der Waals surface area contributed by atoms with Crippen LogP contribution in [0.15, 0.2) is 124 Å². The maximum atomic E-state index is 4.99. The van der Waals surface area contributed by atoms with E-state index in [1.165, 1.54) is 38.9 Å². The first kappa shape index (κ1) is 24.9. The van der Waals surface area contributed by atoms with Crippen molar-refractivity contribution < 1.29 is 0 Å². The Kier molecular flexibility index (Phi) is 5.78. The van der Waals surface area contributed by atoms with Gasteiger partial charge in [-0.1, -0.05) is 66.8 Å². The summed E-state index contributed by atoms with van der Waals surface area (Å²) in [5, 5.41) is 2.68. The molecule has 0 bridgehead atoms. The van der Waals surface area contributed by atoms with Crippen LogP contribution in [0.1, 0.15) is 48.0 Å². The van der Waals surface area contributed by atoms with Crippen LogP contribution in [-0.2, 0) is 0 Å². The second kappa shape index (κ2) is 9.98. The van der Waals surface area contributed by atoms with Crippen molar-refractivity contribution in [2.24, 2.45) is 26.8 Å². The number of allylic oxidation sites excluding steroid dienone is 3. The highest BCUT2D eigenvalue weighted by atomic mass is 15.2. The Morgan fingerprint density at radius 3 is 2.81 bits per heavy atom. The molecular weight excluding hydrogens is 526 g/mol. The lowest BCUT2D eigenvalue weighted by Crippen LogP contribution is -2.39. The molecule has 43 heavy (non-hydrogen) atoms. The molecular formula is C38H33N5. The monoisotopic (exact) mass is 559 g/mol. The van der Waals surface area contributed by atoms with Gasteiger partial charge in [0.2, 0.25) is 0 Å². The van der Waals surface area contributed by atoms with Crippen LogP contribution in [0.5, 0.6) is 0 Å².